The van der Waals surface area contributed by atoms with E-state index in [0.29, 0.717) is 0 Å². The molecule has 0 aromatic carbocycles. The zero-order chi connectivity index (χ0) is 11.6. The van der Waals surface area contributed by atoms with E-state index in [1.54, 1.807) is 6.26 Å². The maximum absolute atomic E-state index is 5.55. The molecule has 1 N–H and O–H groups in total. The van der Waals surface area contributed by atoms with Crippen LogP contribution in [0.1, 0.15) is 38.9 Å². The summed E-state index contributed by atoms with van der Waals surface area (Å²) >= 11 is 3.54. The average Bonchev–Trinajstić information content (AvgIpc) is 2.77. The third kappa shape index (κ3) is 2.69. The Morgan fingerprint density at radius 1 is 1.56 bits per heavy atom. The van der Waals surface area contributed by atoms with Gasteiger partial charge < -0.3 is 9.73 Å². The van der Waals surface area contributed by atoms with Gasteiger partial charge in [-0.2, -0.15) is 0 Å². The predicted molar refractivity (Wildman–Crippen MR) is 69.5 cm³/mol. The molecule has 90 valence electrons. The highest BCUT2D eigenvalue weighted by atomic mass is 79.9. The van der Waals surface area contributed by atoms with Gasteiger partial charge in [0, 0.05) is 12.0 Å². The van der Waals surface area contributed by atoms with Crippen LogP contribution in [0.2, 0.25) is 0 Å². The van der Waals surface area contributed by atoms with E-state index in [1.807, 2.05) is 6.07 Å². The highest BCUT2D eigenvalue weighted by Gasteiger charge is 2.35. The lowest BCUT2D eigenvalue weighted by molar-refractivity contribution is 0.282. The summed E-state index contributed by atoms with van der Waals surface area (Å²) in [6, 6.07) is 1.98. The quantitative estimate of drug-likeness (QED) is 0.911. The van der Waals surface area contributed by atoms with Crippen molar-refractivity contribution >= 4 is 15.9 Å². The fourth-order valence-electron chi connectivity index (χ4n) is 2.81. The molecular formula is C13H20BrNO. The minimum absolute atomic E-state index is 0.258. The lowest BCUT2D eigenvalue weighted by atomic mass is 9.84. The van der Waals surface area contributed by atoms with Crippen molar-refractivity contribution in [2.45, 2.75) is 45.1 Å². The van der Waals surface area contributed by atoms with Crippen LogP contribution < -0.4 is 5.32 Å². The third-order valence-electron chi connectivity index (χ3n) is 3.32. The molecule has 16 heavy (non-hydrogen) atoms. The molecule has 1 aliphatic rings. The highest BCUT2D eigenvalue weighted by Crippen LogP contribution is 2.33. The molecule has 2 nitrogen and oxygen atoms in total. The lowest BCUT2D eigenvalue weighted by Crippen LogP contribution is -2.43. The highest BCUT2D eigenvalue weighted by molar-refractivity contribution is 9.10. The third-order valence-corrected chi connectivity index (χ3v) is 4.03. The van der Waals surface area contributed by atoms with Gasteiger partial charge >= 0.3 is 0 Å². The molecule has 2 heterocycles. The number of hydrogen-bond acceptors (Lipinski definition) is 2. The first-order valence-corrected chi connectivity index (χ1v) is 6.87. The van der Waals surface area contributed by atoms with Crippen LogP contribution >= 0.6 is 15.9 Å². The summed E-state index contributed by atoms with van der Waals surface area (Å²) in [4.78, 5) is 0. The minimum atomic E-state index is 0.258. The second-order valence-electron chi connectivity index (χ2n) is 5.28. The molecule has 1 aromatic heterocycles. The van der Waals surface area contributed by atoms with Crippen LogP contribution in [0.25, 0.3) is 0 Å². The fourth-order valence-corrected chi connectivity index (χ4v) is 3.15. The van der Waals surface area contributed by atoms with Crippen molar-refractivity contribution in [1.82, 2.24) is 5.32 Å². The smallest absolute Gasteiger partial charge is 0.119 e. The Morgan fingerprint density at radius 3 is 2.88 bits per heavy atom. The van der Waals surface area contributed by atoms with Crippen molar-refractivity contribution in [3.63, 3.8) is 0 Å². The molecule has 1 fully saturated rings. The molecule has 1 aromatic rings. The van der Waals surface area contributed by atoms with Crippen LogP contribution in [-0.4, -0.2) is 12.1 Å². The van der Waals surface area contributed by atoms with E-state index < -0.39 is 0 Å². The molecule has 2 rings (SSSR count). The van der Waals surface area contributed by atoms with Crippen molar-refractivity contribution in [3.05, 3.63) is 22.6 Å². The molecule has 1 atom stereocenters. The Morgan fingerprint density at radius 2 is 2.38 bits per heavy atom. The van der Waals surface area contributed by atoms with Gasteiger partial charge in [0.25, 0.3) is 0 Å². The largest absolute Gasteiger partial charge is 0.468 e. The van der Waals surface area contributed by atoms with Crippen LogP contribution in [0.5, 0.6) is 0 Å². The van der Waals surface area contributed by atoms with E-state index in [4.69, 9.17) is 4.42 Å². The number of rotatable bonds is 4. The van der Waals surface area contributed by atoms with E-state index in [2.05, 4.69) is 35.1 Å². The van der Waals surface area contributed by atoms with E-state index >= 15 is 0 Å². The number of furan rings is 1. The summed E-state index contributed by atoms with van der Waals surface area (Å²) in [5.41, 5.74) is 0.258. The van der Waals surface area contributed by atoms with Crippen molar-refractivity contribution in [1.29, 1.82) is 0 Å². The van der Waals surface area contributed by atoms with E-state index in [-0.39, 0.29) is 5.54 Å². The molecule has 3 heteroatoms. The van der Waals surface area contributed by atoms with Gasteiger partial charge in [-0.25, -0.2) is 0 Å². The van der Waals surface area contributed by atoms with Crippen molar-refractivity contribution in [2.75, 3.05) is 6.54 Å². The summed E-state index contributed by atoms with van der Waals surface area (Å²) in [7, 11) is 0. The zero-order valence-electron chi connectivity index (χ0n) is 10.1. The van der Waals surface area contributed by atoms with E-state index in [1.165, 1.54) is 19.3 Å². The van der Waals surface area contributed by atoms with Crippen molar-refractivity contribution in [3.8, 4) is 0 Å². The zero-order valence-corrected chi connectivity index (χ0v) is 11.6. The monoisotopic (exact) mass is 285 g/mol. The topological polar surface area (TPSA) is 25.2 Å². The van der Waals surface area contributed by atoms with Gasteiger partial charge in [0.2, 0.25) is 0 Å². The maximum atomic E-state index is 5.55. The molecule has 0 bridgehead atoms. The van der Waals surface area contributed by atoms with Gasteiger partial charge in [-0.1, -0.05) is 13.8 Å². The first-order valence-electron chi connectivity index (χ1n) is 6.08. The van der Waals surface area contributed by atoms with Gasteiger partial charge in [-0.05, 0) is 53.7 Å². The van der Waals surface area contributed by atoms with Gasteiger partial charge in [-0.3, -0.25) is 0 Å². The molecule has 0 amide bonds. The summed E-state index contributed by atoms with van der Waals surface area (Å²) < 4.78 is 6.65. The van der Waals surface area contributed by atoms with Gasteiger partial charge in [-0.15, -0.1) is 0 Å². The number of halogens is 1. The second-order valence-corrected chi connectivity index (χ2v) is 6.13. The standard InChI is InChI=1S/C13H20BrNO/c1-10(2)8-13(5-3-6-15-13)9-12-11(14)4-7-16-12/h4,7,10,15H,3,5-6,8-9H2,1-2H3. The van der Waals surface area contributed by atoms with Crippen molar-refractivity contribution < 1.29 is 4.42 Å². The molecular weight excluding hydrogens is 266 g/mol. The first-order chi connectivity index (χ1) is 7.61. The van der Waals surface area contributed by atoms with Crippen molar-refractivity contribution in [2.24, 2.45) is 5.92 Å². The Labute approximate surface area is 106 Å². The molecule has 1 aliphatic heterocycles. The van der Waals surface area contributed by atoms with Gasteiger partial charge in [0.05, 0.1) is 10.7 Å². The van der Waals surface area contributed by atoms with Crippen LogP contribution in [0.15, 0.2) is 21.2 Å². The van der Waals surface area contributed by atoms with Gasteiger partial charge in [0.1, 0.15) is 5.76 Å². The number of nitrogens with one attached hydrogen (secondary N) is 1. The molecule has 0 spiro atoms. The summed E-state index contributed by atoms with van der Waals surface area (Å²) in [6.45, 7) is 5.73. The normalized spacial score (nSPS) is 25.5. The maximum Gasteiger partial charge on any atom is 0.119 e. The molecule has 1 saturated heterocycles. The second kappa shape index (κ2) is 4.92. The summed E-state index contributed by atoms with van der Waals surface area (Å²) in [5, 5.41) is 3.69. The van der Waals surface area contributed by atoms with Crippen LogP contribution in [0.4, 0.5) is 0 Å². The summed E-state index contributed by atoms with van der Waals surface area (Å²) in [6.07, 6.45) is 6.53. The minimum Gasteiger partial charge on any atom is -0.468 e. The van der Waals surface area contributed by atoms with Crippen LogP contribution in [-0.2, 0) is 6.42 Å². The predicted octanol–water partition coefficient (Wildman–Crippen LogP) is 3.75. The Kier molecular flexibility index (Phi) is 3.75. The number of hydrogen-bond donors (Lipinski definition) is 1. The molecule has 0 saturated carbocycles. The van der Waals surface area contributed by atoms with E-state index in [9.17, 15) is 0 Å². The lowest BCUT2D eigenvalue weighted by Gasteiger charge is -2.30. The van der Waals surface area contributed by atoms with Gasteiger partial charge in [0.15, 0.2) is 0 Å². The SMILES string of the molecule is CC(C)CC1(Cc2occc2Br)CCCN1. The molecule has 0 aliphatic carbocycles. The average molecular weight is 286 g/mol. The fraction of sp³-hybridized carbons (Fsp3) is 0.692. The summed E-state index contributed by atoms with van der Waals surface area (Å²) in [5.74, 6) is 1.80. The Bertz CT molecular complexity index is 339. The molecule has 0 radical (unpaired) electrons. The van der Waals surface area contributed by atoms with Crippen LogP contribution in [0, 0.1) is 5.92 Å². The Hall–Kier alpha value is -0.280. The van der Waals surface area contributed by atoms with Crippen LogP contribution in [0.3, 0.4) is 0 Å². The first kappa shape index (κ1) is 12.2. The van der Waals surface area contributed by atoms with E-state index in [0.717, 1.165) is 29.1 Å². The molecule has 1 unspecified atom stereocenters. The Balaban J connectivity index is 2.11.